The van der Waals surface area contributed by atoms with E-state index in [-0.39, 0.29) is 13.2 Å². The molecule has 5 heteroatoms. The summed E-state index contributed by atoms with van der Waals surface area (Å²) >= 11 is 0. The van der Waals surface area contributed by atoms with Crippen molar-refractivity contribution in [2.45, 2.75) is 13.2 Å². The van der Waals surface area contributed by atoms with Gasteiger partial charge in [-0.25, -0.2) is 0 Å². The number of aliphatic hydroxyl groups excluding tert-OH is 1. The summed E-state index contributed by atoms with van der Waals surface area (Å²) in [5.74, 6) is 1.36. The first kappa shape index (κ1) is 13.5. The van der Waals surface area contributed by atoms with Crippen LogP contribution in [0.15, 0.2) is 47.6 Å². The molecule has 0 radical (unpaired) electrons. The van der Waals surface area contributed by atoms with Crippen LogP contribution in [0.3, 0.4) is 0 Å². The van der Waals surface area contributed by atoms with Gasteiger partial charge in [-0.1, -0.05) is 29.4 Å². The topological polar surface area (TPSA) is 71.3 Å². The van der Waals surface area contributed by atoms with Crippen molar-refractivity contribution in [2.75, 3.05) is 6.61 Å². The van der Waals surface area contributed by atoms with Gasteiger partial charge in [0, 0.05) is 11.6 Å². The zero-order valence-electron chi connectivity index (χ0n) is 11.3. The second kappa shape index (κ2) is 5.85. The fourth-order valence-corrected chi connectivity index (χ4v) is 2.16. The SMILES string of the molecule is OCc1ccc(COc2ccc3c(c2)OC/C3=N\O)cc1. The molecule has 2 N–H and O–H groups in total. The fraction of sp³-hybridized carbons (Fsp3) is 0.188. The minimum absolute atomic E-state index is 0.0397. The first-order valence-corrected chi connectivity index (χ1v) is 6.60. The van der Waals surface area contributed by atoms with Crippen LogP contribution in [0.1, 0.15) is 16.7 Å². The highest BCUT2D eigenvalue weighted by atomic mass is 16.5. The number of aliphatic hydroxyl groups is 1. The minimum atomic E-state index is 0.0397. The molecule has 1 aliphatic heterocycles. The Bertz CT molecular complexity index is 664. The summed E-state index contributed by atoms with van der Waals surface area (Å²) in [6.45, 7) is 0.751. The standard InChI is InChI=1S/C16H15NO4/c18-8-11-1-3-12(4-2-11)9-20-13-5-6-14-15(17-19)10-21-16(14)7-13/h1-7,18-19H,8-10H2/b17-15+. The maximum Gasteiger partial charge on any atom is 0.134 e. The number of hydrogen-bond donors (Lipinski definition) is 2. The molecule has 0 bridgehead atoms. The molecule has 1 aliphatic rings. The van der Waals surface area contributed by atoms with Gasteiger partial charge in [-0.05, 0) is 23.3 Å². The molecule has 2 aromatic rings. The third kappa shape index (κ3) is 2.83. The lowest BCUT2D eigenvalue weighted by Gasteiger charge is -2.08. The number of rotatable bonds is 4. The van der Waals surface area contributed by atoms with Crippen LogP contribution in [0.4, 0.5) is 0 Å². The lowest BCUT2D eigenvalue weighted by atomic mass is 10.1. The Morgan fingerprint density at radius 2 is 1.86 bits per heavy atom. The van der Waals surface area contributed by atoms with Crippen molar-refractivity contribution in [3.63, 3.8) is 0 Å². The van der Waals surface area contributed by atoms with Gasteiger partial charge in [0.2, 0.25) is 0 Å². The monoisotopic (exact) mass is 285 g/mol. The Morgan fingerprint density at radius 3 is 2.57 bits per heavy atom. The van der Waals surface area contributed by atoms with E-state index in [2.05, 4.69) is 5.16 Å². The van der Waals surface area contributed by atoms with Crippen LogP contribution in [-0.4, -0.2) is 22.6 Å². The highest BCUT2D eigenvalue weighted by Gasteiger charge is 2.20. The smallest absolute Gasteiger partial charge is 0.134 e. The maximum atomic E-state index is 9.00. The predicted octanol–water partition coefficient (Wildman–Crippen LogP) is 2.33. The van der Waals surface area contributed by atoms with Gasteiger partial charge in [0.25, 0.3) is 0 Å². The summed E-state index contributed by atoms with van der Waals surface area (Å²) in [6.07, 6.45) is 0. The summed E-state index contributed by atoms with van der Waals surface area (Å²) in [5.41, 5.74) is 3.21. The average molecular weight is 285 g/mol. The number of ether oxygens (including phenoxy) is 2. The van der Waals surface area contributed by atoms with Gasteiger partial charge in [0.15, 0.2) is 0 Å². The number of fused-ring (bicyclic) bond motifs is 1. The molecule has 0 saturated heterocycles. The molecule has 0 fully saturated rings. The summed E-state index contributed by atoms with van der Waals surface area (Å²) in [6, 6.07) is 13.0. The summed E-state index contributed by atoms with van der Waals surface area (Å²) in [5, 5.41) is 21.0. The van der Waals surface area contributed by atoms with Gasteiger partial charge in [0.05, 0.1) is 6.61 Å². The van der Waals surface area contributed by atoms with Crippen molar-refractivity contribution < 1.29 is 19.8 Å². The highest BCUT2D eigenvalue weighted by Crippen LogP contribution is 2.30. The lowest BCUT2D eigenvalue weighted by Crippen LogP contribution is -2.01. The molecule has 0 atom stereocenters. The first-order chi connectivity index (χ1) is 10.3. The molecule has 0 unspecified atom stereocenters. The van der Waals surface area contributed by atoms with Crippen LogP contribution in [0.25, 0.3) is 0 Å². The van der Waals surface area contributed by atoms with Crippen molar-refractivity contribution in [2.24, 2.45) is 5.16 Å². The van der Waals surface area contributed by atoms with Crippen molar-refractivity contribution in [3.05, 3.63) is 59.2 Å². The van der Waals surface area contributed by atoms with E-state index < -0.39 is 0 Å². The molecule has 2 aromatic carbocycles. The number of hydrogen-bond acceptors (Lipinski definition) is 5. The van der Waals surface area contributed by atoms with Crippen LogP contribution < -0.4 is 9.47 Å². The van der Waals surface area contributed by atoms with Gasteiger partial charge >= 0.3 is 0 Å². The zero-order valence-corrected chi connectivity index (χ0v) is 11.3. The summed E-state index contributed by atoms with van der Waals surface area (Å²) < 4.78 is 11.1. The Labute approximate surface area is 122 Å². The molecule has 0 saturated carbocycles. The Kier molecular flexibility index (Phi) is 3.75. The van der Waals surface area contributed by atoms with Crippen LogP contribution in [-0.2, 0) is 13.2 Å². The van der Waals surface area contributed by atoms with Crippen LogP contribution in [0, 0.1) is 0 Å². The minimum Gasteiger partial charge on any atom is -0.489 e. The second-order valence-corrected chi connectivity index (χ2v) is 4.76. The normalized spacial score (nSPS) is 14.8. The van der Waals surface area contributed by atoms with Crippen LogP contribution in [0.2, 0.25) is 0 Å². The van der Waals surface area contributed by atoms with E-state index in [1.54, 1.807) is 6.07 Å². The van der Waals surface area contributed by atoms with Gasteiger partial charge in [-0.2, -0.15) is 0 Å². The molecule has 108 valence electrons. The Morgan fingerprint density at radius 1 is 1.10 bits per heavy atom. The van der Waals surface area contributed by atoms with Crippen molar-refractivity contribution in [3.8, 4) is 11.5 Å². The van der Waals surface area contributed by atoms with Crippen molar-refractivity contribution in [1.82, 2.24) is 0 Å². The second-order valence-electron chi connectivity index (χ2n) is 4.76. The van der Waals surface area contributed by atoms with Gasteiger partial charge < -0.3 is 19.8 Å². The zero-order chi connectivity index (χ0) is 14.7. The van der Waals surface area contributed by atoms with Crippen LogP contribution >= 0.6 is 0 Å². The molecule has 5 nitrogen and oxygen atoms in total. The number of nitrogens with zero attached hydrogens (tertiary/aromatic N) is 1. The molecule has 0 aliphatic carbocycles. The molecule has 3 rings (SSSR count). The molecular formula is C16H15NO4. The summed E-state index contributed by atoms with van der Waals surface area (Å²) in [4.78, 5) is 0. The van der Waals surface area contributed by atoms with Crippen molar-refractivity contribution in [1.29, 1.82) is 0 Å². The molecule has 0 spiro atoms. The largest absolute Gasteiger partial charge is 0.489 e. The van der Waals surface area contributed by atoms with E-state index >= 15 is 0 Å². The lowest BCUT2D eigenvalue weighted by molar-refractivity contribution is 0.281. The quantitative estimate of drug-likeness (QED) is 0.668. The molecule has 0 aromatic heterocycles. The highest BCUT2D eigenvalue weighted by molar-refractivity contribution is 6.06. The van der Waals surface area contributed by atoms with E-state index in [1.165, 1.54) is 0 Å². The van der Waals surface area contributed by atoms with E-state index in [0.29, 0.717) is 23.8 Å². The third-order valence-electron chi connectivity index (χ3n) is 3.36. The van der Waals surface area contributed by atoms with Gasteiger partial charge in [-0.3, -0.25) is 0 Å². The van der Waals surface area contributed by atoms with E-state index in [4.69, 9.17) is 19.8 Å². The summed E-state index contributed by atoms with van der Waals surface area (Å²) in [7, 11) is 0. The van der Waals surface area contributed by atoms with Gasteiger partial charge in [0.1, 0.15) is 30.4 Å². The predicted molar refractivity (Wildman–Crippen MR) is 77.0 cm³/mol. The Hall–Kier alpha value is -2.53. The van der Waals surface area contributed by atoms with Crippen LogP contribution in [0.5, 0.6) is 11.5 Å². The first-order valence-electron chi connectivity index (χ1n) is 6.60. The van der Waals surface area contributed by atoms with E-state index in [9.17, 15) is 0 Å². The van der Waals surface area contributed by atoms with Crippen molar-refractivity contribution >= 4 is 5.71 Å². The third-order valence-corrected chi connectivity index (χ3v) is 3.36. The van der Waals surface area contributed by atoms with E-state index in [1.807, 2.05) is 36.4 Å². The Balaban J connectivity index is 1.68. The number of oxime groups is 1. The molecular weight excluding hydrogens is 270 g/mol. The average Bonchev–Trinajstić information content (AvgIpc) is 2.95. The molecule has 1 heterocycles. The van der Waals surface area contributed by atoms with Gasteiger partial charge in [-0.15, -0.1) is 0 Å². The maximum absolute atomic E-state index is 9.00. The number of benzene rings is 2. The molecule has 21 heavy (non-hydrogen) atoms. The van der Waals surface area contributed by atoms with E-state index in [0.717, 1.165) is 16.7 Å². The molecule has 0 amide bonds. The fourth-order valence-electron chi connectivity index (χ4n) is 2.16.